The highest BCUT2D eigenvalue weighted by Crippen LogP contribution is 2.26. The second kappa shape index (κ2) is 13.4. The van der Waals surface area contributed by atoms with Crippen molar-refractivity contribution in [1.29, 1.82) is 0 Å². The van der Waals surface area contributed by atoms with Crippen LogP contribution in [0, 0.1) is 5.82 Å². The summed E-state index contributed by atoms with van der Waals surface area (Å²) in [4.78, 5) is 32.4. The van der Waals surface area contributed by atoms with E-state index in [2.05, 4.69) is 25.7 Å². The summed E-state index contributed by atoms with van der Waals surface area (Å²) in [5.41, 5.74) is 0.394. The van der Waals surface area contributed by atoms with Gasteiger partial charge in [0.05, 0.1) is 31.6 Å². The molecule has 0 saturated carbocycles. The largest absolute Gasteiger partial charge is 0.476 e. The minimum absolute atomic E-state index is 0.0977. The van der Waals surface area contributed by atoms with Gasteiger partial charge in [0, 0.05) is 11.8 Å². The van der Waals surface area contributed by atoms with Crippen molar-refractivity contribution >= 4 is 23.5 Å². The molecule has 1 amide bonds. The number of hydrogen-bond acceptors (Lipinski definition) is 9. The molecule has 37 heavy (non-hydrogen) atoms. The number of carbonyl (C=O) groups excluding carboxylic acids is 2. The third-order valence-electron chi connectivity index (χ3n) is 4.55. The summed E-state index contributed by atoms with van der Waals surface area (Å²) in [7, 11) is 0. The Hall–Kier alpha value is -3.96. The molecule has 2 N–H and O–H groups in total. The van der Waals surface area contributed by atoms with Gasteiger partial charge in [-0.1, -0.05) is 13.8 Å². The Balaban J connectivity index is 0.00000235. The van der Waals surface area contributed by atoms with Crippen LogP contribution in [-0.2, 0) is 9.47 Å². The highest BCUT2D eigenvalue weighted by molar-refractivity contribution is 5.95. The molecule has 11 nitrogen and oxygen atoms in total. The molecule has 3 heterocycles. The number of esters is 1. The number of pyridine rings is 1. The quantitative estimate of drug-likeness (QED) is 0.310. The molecule has 0 bridgehead atoms. The average molecular weight is 519 g/mol. The number of rotatable bonds is 9. The number of fused-ring (bicyclic) bond motifs is 1. The third-order valence-corrected chi connectivity index (χ3v) is 4.55. The third kappa shape index (κ3) is 8.58. The lowest BCUT2D eigenvalue weighted by Gasteiger charge is -2.20. The van der Waals surface area contributed by atoms with Crippen LogP contribution in [0.3, 0.4) is 0 Å². The zero-order chi connectivity index (χ0) is 27.6. The molecular weight excluding hydrogens is 483 g/mol. The number of alkyl carbamates (subject to hydrolysis) is 1. The number of hydrogen-bond donors (Lipinski definition) is 2. The average Bonchev–Trinajstić information content (AvgIpc) is 3.26. The van der Waals surface area contributed by atoms with E-state index < -0.39 is 29.5 Å². The molecule has 3 aromatic rings. The first-order valence-electron chi connectivity index (χ1n) is 12.1. The highest BCUT2D eigenvalue weighted by atomic mass is 19.1. The molecule has 0 spiro atoms. The number of nitrogens with one attached hydrogen (secondary N) is 2. The van der Waals surface area contributed by atoms with E-state index in [9.17, 15) is 14.0 Å². The SMILES string of the molecule is CC.CCOC(=O)c1cnn2ccc(NC(C)c3cc(F)cnc3OCCNC(=O)OC(C)(C)C)nc12. The second-order valence-corrected chi connectivity index (χ2v) is 8.55. The van der Waals surface area contributed by atoms with Gasteiger partial charge in [0.2, 0.25) is 5.88 Å². The summed E-state index contributed by atoms with van der Waals surface area (Å²) in [6.07, 6.45) is 3.52. The molecule has 3 rings (SSSR count). The van der Waals surface area contributed by atoms with Gasteiger partial charge in [-0.2, -0.15) is 5.10 Å². The lowest BCUT2D eigenvalue weighted by Crippen LogP contribution is -2.34. The predicted molar refractivity (Wildman–Crippen MR) is 136 cm³/mol. The molecule has 3 aromatic heterocycles. The summed E-state index contributed by atoms with van der Waals surface area (Å²) >= 11 is 0. The van der Waals surface area contributed by atoms with Crippen molar-refractivity contribution in [3.8, 4) is 5.88 Å². The minimum Gasteiger partial charge on any atom is -0.476 e. The molecule has 0 radical (unpaired) electrons. The van der Waals surface area contributed by atoms with E-state index >= 15 is 0 Å². The maximum Gasteiger partial charge on any atom is 0.407 e. The number of carbonyl (C=O) groups is 2. The smallest absolute Gasteiger partial charge is 0.407 e. The fourth-order valence-corrected chi connectivity index (χ4v) is 3.09. The number of amides is 1. The van der Waals surface area contributed by atoms with E-state index in [1.165, 1.54) is 16.8 Å². The predicted octanol–water partition coefficient (Wildman–Crippen LogP) is 4.54. The maximum atomic E-state index is 14.0. The van der Waals surface area contributed by atoms with Crippen LogP contribution in [0.2, 0.25) is 0 Å². The summed E-state index contributed by atoms with van der Waals surface area (Å²) < 4.78 is 31.3. The number of nitrogens with zero attached hydrogens (tertiary/aromatic N) is 4. The molecule has 1 atom stereocenters. The summed E-state index contributed by atoms with van der Waals surface area (Å²) in [5.74, 6) is -0.422. The van der Waals surface area contributed by atoms with Gasteiger partial charge in [0.1, 0.15) is 29.4 Å². The van der Waals surface area contributed by atoms with E-state index in [-0.39, 0.29) is 31.2 Å². The van der Waals surface area contributed by atoms with E-state index in [0.717, 1.165) is 6.20 Å². The van der Waals surface area contributed by atoms with Crippen LogP contribution in [0.4, 0.5) is 15.0 Å². The van der Waals surface area contributed by atoms with Gasteiger partial charge in [-0.3, -0.25) is 0 Å². The van der Waals surface area contributed by atoms with Crippen LogP contribution < -0.4 is 15.4 Å². The van der Waals surface area contributed by atoms with Gasteiger partial charge in [-0.25, -0.2) is 28.5 Å². The fourth-order valence-electron chi connectivity index (χ4n) is 3.09. The van der Waals surface area contributed by atoms with Gasteiger partial charge in [0.15, 0.2) is 5.65 Å². The van der Waals surface area contributed by atoms with E-state index in [1.54, 1.807) is 46.9 Å². The van der Waals surface area contributed by atoms with Crippen LogP contribution in [0.15, 0.2) is 30.7 Å². The summed E-state index contributed by atoms with van der Waals surface area (Å²) in [5, 5.41) is 9.85. The first-order chi connectivity index (χ1) is 17.6. The van der Waals surface area contributed by atoms with E-state index in [1.807, 2.05) is 13.8 Å². The van der Waals surface area contributed by atoms with Gasteiger partial charge >= 0.3 is 12.1 Å². The lowest BCUT2D eigenvalue weighted by molar-refractivity contribution is 0.0513. The normalized spacial score (nSPS) is 11.7. The zero-order valence-corrected chi connectivity index (χ0v) is 22.3. The maximum absolute atomic E-state index is 14.0. The van der Waals surface area contributed by atoms with Crippen molar-refractivity contribution in [2.45, 2.75) is 60.1 Å². The van der Waals surface area contributed by atoms with Crippen molar-refractivity contribution in [3.63, 3.8) is 0 Å². The number of anilines is 1. The number of ether oxygens (including phenoxy) is 3. The van der Waals surface area contributed by atoms with Crippen LogP contribution in [0.1, 0.15) is 70.4 Å². The van der Waals surface area contributed by atoms with Crippen molar-refractivity contribution < 1.29 is 28.2 Å². The zero-order valence-electron chi connectivity index (χ0n) is 22.3. The minimum atomic E-state index is -0.608. The summed E-state index contributed by atoms with van der Waals surface area (Å²) in [6, 6.07) is 2.52. The van der Waals surface area contributed by atoms with Gasteiger partial charge in [-0.15, -0.1) is 0 Å². The molecule has 0 fully saturated rings. The summed E-state index contributed by atoms with van der Waals surface area (Å²) in [6.45, 7) is 13.3. The highest BCUT2D eigenvalue weighted by Gasteiger charge is 2.19. The molecule has 0 aliphatic rings. The molecular formula is C25H35FN6O5. The number of halogens is 1. The van der Waals surface area contributed by atoms with Crippen molar-refractivity contribution in [2.75, 3.05) is 25.1 Å². The molecule has 202 valence electrons. The Bertz CT molecular complexity index is 1190. The Morgan fingerprint density at radius 1 is 1.22 bits per heavy atom. The molecule has 0 aromatic carbocycles. The Kier molecular flexibility index (Phi) is 10.6. The first-order valence-corrected chi connectivity index (χ1v) is 12.1. The van der Waals surface area contributed by atoms with Gasteiger partial charge in [-0.05, 0) is 46.8 Å². The molecule has 0 aliphatic heterocycles. The van der Waals surface area contributed by atoms with E-state index in [0.29, 0.717) is 17.0 Å². The first kappa shape index (κ1) is 29.3. The Morgan fingerprint density at radius 3 is 2.62 bits per heavy atom. The van der Waals surface area contributed by atoms with Crippen LogP contribution in [-0.4, -0.2) is 57.0 Å². The van der Waals surface area contributed by atoms with Gasteiger partial charge in [0.25, 0.3) is 0 Å². The molecule has 1 unspecified atom stereocenters. The topological polar surface area (TPSA) is 129 Å². The number of aromatic nitrogens is 4. The van der Waals surface area contributed by atoms with Crippen molar-refractivity contribution in [1.82, 2.24) is 24.9 Å². The standard InChI is InChI=1S/C23H29FN6O5.C2H6/c1-6-33-21(31)17-13-27-30-9-7-18(29-19(17)30)28-14(2)16-11-15(24)12-26-20(16)34-10-8-25-22(32)35-23(3,4)5;1-2/h7,9,11-14H,6,8,10H2,1-5H3,(H,25,32)(H,28,29);1-2H3. The monoisotopic (exact) mass is 518 g/mol. The Labute approximate surface area is 215 Å². The van der Waals surface area contributed by atoms with Crippen LogP contribution in [0.25, 0.3) is 5.65 Å². The second-order valence-electron chi connectivity index (χ2n) is 8.55. The fraction of sp³-hybridized carbons (Fsp3) is 0.480. The Morgan fingerprint density at radius 2 is 1.95 bits per heavy atom. The van der Waals surface area contributed by atoms with Gasteiger partial charge < -0.3 is 24.8 Å². The van der Waals surface area contributed by atoms with E-state index in [4.69, 9.17) is 14.2 Å². The van der Waals surface area contributed by atoms with Crippen molar-refractivity contribution in [2.24, 2.45) is 0 Å². The molecule has 12 heteroatoms. The molecule has 0 aliphatic carbocycles. The van der Waals surface area contributed by atoms with Crippen LogP contribution in [0.5, 0.6) is 5.88 Å². The van der Waals surface area contributed by atoms with Crippen molar-refractivity contribution in [3.05, 3.63) is 47.7 Å². The van der Waals surface area contributed by atoms with Crippen LogP contribution >= 0.6 is 0 Å². The lowest BCUT2D eigenvalue weighted by atomic mass is 10.1. The molecule has 0 saturated heterocycles.